The van der Waals surface area contributed by atoms with Gasteiger partial charge >= 0.3 is 5.97 Å². The van der Waals surface area contributed by atoms with Crippen molar-refractivity contribution in [2.24, 2.45) is 0 Å². The maximum atomic E-state index is 13.7. The van der Waals surface area contributed by atoms with Crippen LogP contribution in [0.2, 0.25) is 0 Å². The Morgan fingerprint density at radius 3 is 2.32 bits per heavy atom. The smallest absolute Gasteiger partial charge is 0.327 e. The highest BCUT2D eigenvalue weighted by molar-refractivity contribution is 7.93. The van der Waals surface area contributed by atoms with Gasteiger partial charge in [-0.05, 0) is 36.6 Å². The van der Waals surface area contributed by atoms with Crippen LogP contribution in [0.5, 0.6) is 0 Å². The van der Waals surface area contributed by atoms with E-state index in [9.17, 15) is 26.8 Å². The summed E-state index contributed by atoms with van der Waals surface area (Å²) in [7, 11) is -3.98. The van der Waals surface area contributed by atoms with Crippen LogP contribution in [0, 0.1) is 11.6 Å². The SMILES string of the molecule is CC(OC(=O)CN1c2cccc3cccc(c23)S1(=O)=O)C(=O)Nc1c(F)cccc1F. The van der Waals surface area contributed by atoms with Crippen molar-refractivity contribution >= 4 is 44.0 Å². The van der Waals surface area contributed by atoms with Crippen molar-refractivity contribution in [3.05, 3.63) is 66.2 Å². The fraction of sp³-hybridized carbons (Fsp3) is 0.143. The normalized spacial score (nSPS) is 15.0. The predicted molar refractivity (Wildman–Crippen MR) is 109 cm³/mol. The molecule has 31 heavy (non-hydrogen) atoms. The molecule has 0 saturated heterocycles. The van der Waals surface area contributed by atoms with Crippen molar-refractivity contribution in [3.63, 3.8) is 0 Å². The molecule has 0 aliphatic carbocycles. The second-order valence-electron chi connectivity index (χ2n) is 6.86. The molecule has 1 aliphatic heterocycles. The molecule has 0 bridgehead atoms. The molecule has 0 fully saturated rings. The molecule has 0 saturated carbocycles. The Bertz CT molecular complexity index is 1300. The lowest BCUT2D eigenvalue weighted by atomic mass is 10.1. The largest absolute Gasteiger partial charge is 0.451 e. The number of nitrogens with zero attached hydrogens (tertiary/aromatic N) is 1. The lowest BCUT2D eigenvalue weighted by Crippen LogP contribution is -2.37. The van der Waals surface area contributed by atoms with Gasteiger partial charge in [-0.15, -0.1) is 0 Å². The number of anilines is 2. The van der Waals surface area contributed by atoms with E-state index in [0.717, 1.165) is 22.5 Å². The third-order valence-corrected chi connectivity index (χ3v) is 6.64. The summed E-state index contributed by atoms with van der Waals surface area (Å²) in [6, 6.07) is 12.9. The van der Waals surface area contributed by atoms with Gasteiger partial charge in [0.05, 0.1) is 10.6 Å². The summed E-state index contributed by atoms with van der Waals surface area (Å²) < 4.78 is 59.1. The van der Waals surface area contributed by atoms with Crippen LogP contribution in [0.25, 0.3) is 10.8 Å². The molecule has 0 aromatic heterocycles. The number of carbonyl (C=O) groups is 2. The van der Waals surface area contributed by atoms with Crippen LogP contribution in [0.3, 0.4) is 0 Å². The van der Waals surface area contributed by atoms with Gasteiger partial charge in [-0.25, -0.2) is 17.2 Å². The van der Waals surface area contributed by atoms with Gasteiger partial charge < -0.3 is 10.1 Å². The van der Waals surface area contributed by atoms with Gasteiger partial charge in [0.25, 0.3) is 15.9 Å². The Kier molecular flexibility index (Phi) is 5.10. The number of para-hydroxylation sites is 1. The number of benzene rings is 3. The van der Waals surface area contributed by atoms with Gasteiger partial charge in [0, 0.05) is 5.39 Å². The van der Waals surface area contributed by atoms with Crippen LogP contribution >= 0.6 is 0 Å². The van der Waals surface area contributed by atoms with E-state index >= 15 is 0 Å². The van der Waals surface area contributed by atoms with Crippen LogP contribution < -0.4 is 9.62 Å². The number of carbonyl (C=O) groups excluding carboxylic acids is 2. The molecule has 3 aromatic rings. The van der Waals surface area contributed by atoms with Gasteiger partial charge in [0.2, 0.25) is 0 Å². The zero-order chi connectivity index (χ0) is 22.3. The number of hydrogen-bond acceptors (Lipinski definition) is 5. The first kappa shape index (κ1) is 20.7. The van der Waals surface area contributed by atoms with E-state index in [4.69, 9.17) is 4.74 Å². The molecule has 1 heterocycles. The van der Waals surface area contributed by atoms with Crippen molar-refractivity contribution in [3.8, 4) is 0 Å². The summed E-state index contributed by atoms with van der Waals surface area (Å²) in [6.07, 6.45) is -1.42. The molecule has 1 aliphatic rings. The number of sulfonamides is 1. The number of hydrogen-bond donors (Lipinski definition) is 1. The quantitative estimate of drug-likeness (QED) is 0.608. The van der Waals surface area contributed by atoms with E-state index in [2.05, 4.69) is 0 Å². The third kappa shape index (κ3) is 3.59. The molecular weight excluding hydrogens is 430 g/mol. The lowest BCUT2D eigenvalue weighted by molar-refractivity contribution is -0.151. The molecular formula is C21H16F2N2O5S. The Balaban J connectivity index is 1.49. The summed E-state index contributed by atoms with van der Waals surface area (Å²) in [6.45, 7) is 0.543. The van der Waals surface area contributed by atoms with Crippen LogP contribution in [-0.4, -0.2) is 32.9 Å². The number of halogens is 2. The van der Waals surface area contributed by atoms with Crippen LogP contribution in [0.1, 0.15) is 6.92 Å². The van der Waals surface area contributed by atoms with Crippen LogP contribution in [0.4, 0.5) is 20.2 Å². The monoisotopic (exact) mass is 446 g/mol. The topological polar surface area (TPSA) is 92.8 Å². The number of nitrogens with one attached hydrogen (secondary N) is 1. The van der Waals surface area contributed by atoms with E-state index in [0.29, 0.717) is 16.5 Å². The van der Waals surface area contributed by atoms with E-state index in [1.165, 1.54) is 13.0 Å². The van der Waals surface area contributed by atoms with Gasteiger partial charge in [-0.1, -0.05) is 30.3 Å². The maximum absolute atomic E-state index is 13.7. The van der Waals surface area contributed by atoms with Crippen molar-refractivity contribution in [2.75, 3.05) is 16.2 Å². The molecule has 1 N–H and O–H groups in total. The summed E-state index contributed by atoms with van der Waals surface area (Å²) >= 11 is 0. The van der Waals surface area contributed by atoms with E-state index in [1.807, 2.05) is 5.32 Å². The summed E-state index contributed by atoms with van der Waals surface area (Å²) in [5, 5.41) is 3.23. The van der Waals surface area contributed by atoms with Gasteiger partial charge in [0.15, 0.2) is 6.10 Å². The first-order valence-electron chi connectivity index (χ1n) is 9.19. The summed E-state index contributed by atoms with van der Waals surface area (Å²) in [5.41, 5.74) is -0.338. The average molecular weight is 446 g/mol. The minimum atomic E-state index is -3.98. The fourth-order valence-corrected chi connectivity index (χ4v) is 5.03. The molecule has 0 spiro atoms. The second-order valence-corrected chi connectivity index (χ2v) is 8.69. The summed E-state index contributed by atoms with van der Waals surface area (Å²) in [4.78, 5) is 24.7. The van der Waals surface area contributed by atoms with Crippen molar-refractivity contribution in [1.82, 2.24) is 0 Å². The molecule has 4 rings (SSSR count). The Morgan fingerprint density at radius 2 is 1.65 bits per heavy atom. The standard InChI is InChI=1S/C21H16F2N2O5S/c1-12(21(27)24-20-14(22)7-4-8-15(20)23)30-18(26)11-25-16-9-2-5-13-6-3-10-17(19(13)16)31(25,28)29/h2-10,12H,11H2,1H3,(H,24,27). The van der Waals surface area contributed by atoms with Crippen molar-refractivity contribution in [1.29, 1.82) is 0 Å². The minimum absolute atomic E-state index is 0.0780. The third-order valence-electron chi connectivity index (χ3n) is 4.84. The second kappa shape index (κ2) is 7.62. The van der Waals surface area contributed by atoms with Crippen LogP contribution in [0.15, 0.2) is 59.5 Å². The number of esters is 1. The van der Waals surface area contributed by atoms with Crippen LogP contribution in [-0.2, 0) is 24.3 Å². The molecule has 0 radical (unpaired) electrons. The highest BCUT2D eigenvalue weighted by atomic mass is 32.2. The van der Waals surface area contributed by atoms with Gasteiger partial charge in [0.1, 0.15) is 23.9 Å². The number of amides is 1. The average Bonchev–Trinajstić information content (AvgIpc) is 2.94. The van der Waals surface area contributed by atoms with Gasteiger partial charge in [-0.3, -0.25) is 13.9 Å². The molecule has 160 valence electrons. The van der Waals surface area contributed by atoms with E-state index < -0.39 is 51.9 Å². The van der Waals surface area contributed by atoms with Gasteiger partial charge in [-0.2, -0.15) is 0 Å². The summed E-state index contributed by atoms with van der Waals surface area (Å²) in [5.74, 6) is -3.93. The molecule has 7 nitrogen and oxygen atoms in total. The maximum Gasteiger partial charge on any atom is 0.327 e. The number of ether oxygens (including phenoxy) is 1. The molecule has 1 amide bonds. The van der Waals surface area contributed by atoms with Crippen molar-refractivity contribution < 1.29 is 31.5 Å². The fourth-order valence-electron chi connectivity index (χ4n) is 3.38. The van der Waals surface area contributed by atoms with Crippen molar-refractivity contribution in [2.45, 2.75) is 17.9 Å². The Morgan fingerprint density at radius 1 is 1.03 bits per heavy atom. The zero-order valence-corrected chi connectivity index (χ0v) is 16.9. The molecule has 1 atom stereocenters. The first-order valence-corrected chi connectivity index (χ1v) is 10.6. The Labute approximate surface area is 176 Å². The molecule has 1 unspecified atom stereocenters. The lowest BCUT2D eigenvalue weighted by Gasteiger charge is -2.19. The molecule has 3 aromatic carbocycles. The number of rotatable bonds is 5. The highest BCUT2D eigenvalue weighted by Gasteiger charge is 2.37. The highest BCUT2D eigenvalue weighted by Crippen LogP contribution is 2.41. The minimum Gasteiger partial charge on any atom is -0.451 e. The zero-order valence-electron chi connectivity index (χ0n) is 16.1. The van der Waals surface area contributed by atoms with E-state index in [-0.39, 0.29) is 4.90 Å². The molecule has 10 heteroatoms. The Hall–Kier alpha value is -3.53. The first-order chi connectivity index (χ1) is 14.7. The van der Waals surface area contributed by atoms with E-state index in [1.54, 1.807) is 30.3 Å². The predicted octanol–water partition coefficient (Wildman–Crippen LogP) is 3.20.